The lowest BCUT2D eigenvalue weighted by atomic mass is 9.95. The lowest BCUT2D eigenvalue weighted by Gasteiger charge is -2.21. The van der Waals surface area contributed by atoms with Crippen LogP contribution in [0.3, 0.4) is 0 Å². The van der Waals surface area contributed by atoms with E-state index in [1.165, 1.54) is 34.5 Å². The van der Waals surface area contributed by atoms with E-state index in [0.717, 1.165) is 5.56 Å². The Morgan fingerprint density at radius 3 is 2.14 bits per heavy atom. The fourth-order valence-electron chi connectivity index (χ4n) is 4.67. The molecule has 1 amide bonds. The molecular weight excluding hydrogens is 498 g/mol. The van der Waals surface area contributed by atoms with Gasteiger partial charge in [0, 0.05) is 11.1 Å². The number of fused-ring (bicyclic) bond motifs is 3. The molecular formula is C28H28ClNO7. The molecule has 0 radical (unpaired) electrons. The van der Waals surface area contributed by atoms with Crippen molar-refractivity contribution >= 4 is 17.5 Å². The van der Waals surface area contributed by atoms with Gasteiger partial charge in [-0.2, -0.15) is 0 Å². The van der Waals surface area contributed by atoms with Gasteiger partial charge in [-0.05, 0) is 65.9 Å². The van der Waals surface area contributed by atoms with Crippen LogP contribution in [0.5, 0.6) is 28.7 Å². The molecule has 3 aromatic carbocycles. The number of methoxy groups -OCH3 is 5. The van der Waals surface area contributed by atoms with Gasteiger partial charge in [-0.15, -0.1) is 0 Å². The highest BCUT2D eigenvalue weighted by Crippen LogP contribution is 2.54. The molecule has 0 saturated heterocycles. The molecule has 0 aliphatic heterocycles. The topological polar surface area (TPSA) is 92.3 Å². The van der Waals surface area contributed by atoms with Gasteiger partial charge < -0.3 is 29.0 Å². The quantitative estimate of drug-likeness (QED) is 0.472. The summed E-state index contributed by atoms with van der Waals surface area (Å²) in [4.78, 5) is 26.2. The van der Waals surface area contributed by atoms with Crippen molar-refractivity contribution in [3.63, 3.8) is 0 Å². The maximum Gasteiger partial charge on any atom is 0.251 e. The first-order valence-corrected chi connectivity index (χ1v) is 11.9. The first-order valence-electron chi connectivity index (χ1n) is 11.6. The highest BCUT2D eigenvalue weighted by atomic mass is 35.5. The molecule has 1 aliphatic carbocycles. The number of carbonyl (C=O) groups excluding carboxylic acids is 1. The minimum absolute atomic E-state index is 0.167. The number of ether oxygens (including phenoxy) is 5. The number of halogens is 1. The van der Waals surface area contributed by atoms with Crippen LogP contribution >= 0.6 is 11.6 Å². The van der Waals surface area contributed by atoms with Crippen LogP contribution in [0.15, 0.2) is 47.3 Å². The highest BCUT2D eigenvalue weighted by Gasteiger charge is 2.32. The van der Waals surface area contributed by atoms with E-state index in [0.29, 0.717) is 63.1 Å². The van der Waals surface area contributed by atoms with Gasteiger partial charge in [-0.3, -0.25) is 9.59 Å². The summed E-state index contributed by atoms with van der Waals surface area (Å²) in [7, 11) is 7.54. The smallest absolute Gasteiger partial charge is 0.251 e. The normalized spacial score (nSPS) is 13.9. The number of nitrogens with one attached hydrogen (secondary N) is 1. The Balaban J connectivity index is 1.94. The maximum absolute atomic E-state index is 13.2. The zero-order chi connectivity index (χ0) is 26.7. The Labute approximate surface area is 220 Å². The summed E-state index contributed by atoms with van der Waals surface area (Å²) in [6, 6.07) is 11.2. The van der Waals surface area contributed by atoms with Gasteiger partial charge in [-0.25, -0.2) is 0 Å². The molecule has 194 valence electrons. The second-order valence-corrected chi connectivity index (χ2v) is 8.72. The van der Waals surface area contributed by atoms with Gasteiger partial charge in [-0.1, -0.05) is 17.7 Å². The summed E-state index contributed by atoms with van der Waals surface area (Å²) in [6.07, 6.45) is 0.939. The molecule has 1 aliphatic rings. The SMILES string of the molecule is COc1ccc(C(=O)N[C@H]2CCc3c(Cl)c(OC)c(OC)c(OC)c3-c3ccc(OC)c(=O)cc32)cc1. The van der Waals surface area contributed by atoms with Crippen molar-refractivity contribution < 1.29 is 28.5 Å². The van der Waals surface area contributed by atoms with E-state index in [1.807, 2.05) is 0 Å². The van der Waals surface area contributed by atoms with Gasteiger partial charge in [0.2, 0.25) is 11.2 Å². The predicted molar refractivity (Wildman–Crippen MR) is 141 cm³/mol. The van der Waals surface area contributed by atoms with Gasteiger partial charge in [0.15, 0.2) is 17.2 Å². The number of benzene rings is 2. The molecule has 0 unspecified atom stereocenters. The van der Waals surface area contributed by atoms with Gasteiger partial charge >= 0.3 is 0 Å². The largest absolute Gasteiger partial charge is 0.497 e. The third-order valence-corrected chi connectivity index (χ3v) is 6.86. The molecule has 9 heteroatoms. The van der Waals surface area contributed by atoms with Crippen molar-refractivity contribution in [2.24, 2.45) is 0 Å². The van der Waals surface area contributed by atoms with Crippen LogP contribution < -0.4 is 34.4 Å². The molecule has 1 atom stereocenters. The Morgan fingerprint density at radius 2 is 1.54 bits per heavy atom. The van der Waals surface area contributed by atoms with Crippen molar-refractivity contribution in [1.29, 1.82) is 0 Å². The Hall–Kier alpha value is -3.91. The van der Waals surface area contributed by atoms with Crippen LogP contribution in [0.2, 0.25) is 5.02 Å². The molecule has 37 heavy (non-hydrogen) atoms. The van der Waals surface area contributed by atoms with Gasteiger partial charge in [0.25, 0.3) is 5.91 Å². The summed E-state index contributed by atoms with van der Waals surface area (Å²) >= 11 is 6.83. The van der Waals surface area contributed by atoms with E-state index in [-0.39, 0.29) is 17.1 Å². The Bertz CT molecular complexity index is 1390. The first kappa shape index (κ1) is 26.2. The minimum atomic E-state index is -0.514. The maximum atomic E-state index is 13.2. The fraction of sp³-hybridized carbons (Fsp3) is 0.286. The van der Waals surface area contributed by atoms with Crippen molar-refractivity contribution in [3.05, 3.63) is 74.4 Å². The molecule has 3 aromatic rings. The van der Waals surface area contributed by atoms with Gasteiger partial charge in [0.05, 0.1) is 46.6 Å². The lowest BCUT2D eigenvalue weighted by molar-refractivity contribution is 0.0935. The fourth-order valence-corrected chi connectivity index (χ4v) is 5.02. The second-order valence-electron chi connectivity index (χ2n) is 8.34. The van der Waals surface area contributed by atoms with E-state index in [9.17, 15) is 9.59 Å². The van der Waals surface area contributed by atoms with E-state index >= 15 is 0 Å². The minimum Gasteiger partial charge on any atom is -0.497 e. The molecule has 0 aromatic heterocycles. The van der Waals surface area contributed by atoms with E-state index in [2.05, 4.69) is 5.32 Å². The van der Waals surface area contributed by atoms with Crippen molar-refractivity contribution in [3.8, 4) is 39.9 Å². The van der Waals surface area contributed by atoms with Crippen LogP contribution in [0.25, 0.3) is 11.1 Å². The molecule has 0 bridgehead atoms. The molecule has 0 spiro atoms. The summed E-state index contributed by atoms with van der Waals surface area (Å²) in [5, 5.41) is 3.47. The predicted octanol–water partition coefficient (Wildman–Crippen LogP) is 4.83. The van der Waals surface area contributed by atoms with Crippen molar-refractivity contribution in [1.82, 2.24) is 5.32 Å². The monoisotopic (exact) mass is 525 g/mol. The molecule has 8 nitrogen and oxygen atoms in total. The number of amides is 1. The lowest BCUT2D eigenvalue weighted by Crippen LogP contribution is -2.29. The third kappa shape index (κ3) is 4.76. The Kier molecular flexibility index (Phi) is 7.78. The van der Waals surface area contributed by atoms with E-state index in [4.69, 9.17) is 35.3 Å². The molecule has 0 fully saturated rings. The summed E-state index contributed by atoms with van der Waals surface area (Å²) in [5.41, 5.74) is 2.84. The average molecular weight is 526 g/mol. The zero-order valence-corrected chi connectivity index (χ0v) is 22.0. The highest BCUT2D eigenvalue weighted by molar-refractivity contribution is 6.34. The molecule has 0 heterocycles. The average Bonchev–Trinajstić information content (AvgIpc) is 3.17. The van der Waals surface area contributed by atoms with Crippen LogP contribution in [0.4, 0.5) is 0 Å². The Morgan fingerprint density at radius 1 is 0.865 bits per heavy atom. The standard InChI is InChI=1S/C28H28ClNO7/c1-33-16-8-6-15(7-9-16)28(32)30-20-12-10-18-23(17-11-13-22(34-2)21(31)14-19(17)20)25(35-3)27(37-5)26(36-4)24(18)29/h6-9,11,13-14,20H,10,12H2,1-5H3,(H,30,32)/t20-/m0/s1. The number of carbonyl (C=O) groups is 1. The van der Waals surface area contributed by atoms with Crippen LogP contribution in [-0.2, 0) is 6.42 Å². The second kappa shape index (κ2) is 11.0. The molecule has 1 N–H and O–H groups in total. The van der Waals surface area contributed by atoms with Crippen LogP contribution in [-0.4, -0.2) is 41.5 Å². The molecule has 0 saturated carbocycles. The van der Waals surface area contributed by atoms with Crippen LogP contribution in [0, 0.1) is 0 Å². The van der Waals surface area contributed by atoms with Crippen molar-refractivity contribution in [2.75, 3.05) is 35.5 Å². The number of hydrogen-bond acceptors (Lipinski definition) is 7. The summed E-state index contributed by atoms with van der Waals surface area (Å²) < 4.78 is 27.5. The number of hydrogen-bond donors (Lipinski definition) is 1. The van der Waals surface area contributed by atoms with E-state index in [1.54, 1.807) is 43.5 Å². The first-order chi connectivity index (χ1) is 17.9. The summed E-state index contributed by atoms with van der Waals surface area (Å²) in [5.74, 6) is 1.63. The number of rotatable bonds is 7. The van der Waals surface area contributed by atoms with Crippen LogP contribution in [0.1, 0.15) is 33.9 Å². The van der Waals surface area contributed by atoms with E-state index < -0.39 is 6.04 Å². The molecule has 4 rings (SSSR count). The third-order valence-electron chi connectivity index (χ3n) is 6.47. The summed E-state index contributed by atoms with van der Waals surface area (Å²) in [6.45, 7) is 0. The van der Waals surface area contributed by atoms with Gasteiger partial charge in [0.1, 0.15) is 5.75 Å². The zero-order valence-electron chi connectivity index (χ0n) is 21.3. The van der Waals surface area contributed by atoms with Crippen molar-refractivity contribution in [2.45, 2.75) is 18.9 Å².